The molecule has 13 heteroatoms. The van der Waals surface area contributed by atoms with Gasteiger partial charge < -0.3 is 22.5 Å². The average Bonchev–Trinajstić information content (AvgIpc) is 3.73. The van der Waals surface area contributed by atoms with Gasteiger partial charge in [-0.15, -0.1) is 0 Å². The first-order valence-electron chi connectivity index (χ1n) is 19.7. The quantitative estimate of drug-likeness (QED) is 0.101. The Bertz CT molecular complexity index is 2210. The normalized spacial score (nSPS) is 12.2. The number of fused-ring (bicyclic) bond motifs is 3. The predicted octanol–water partition coefficient (Wildman–Crippen LogP) is 14.5. The Hall–Kier alpha value is -1.71. The summed E-state index contributed by atoms with van der Waals surface area (Å²) in [6, 6.07) is 6.24. The summed E-state index contributed by atoms with van der Waals surface area (Å²) in [7, 11) is 1.87. The summed E-state index contributed by atoms with van der Waals surface area (Å²) < 4.78 is 21.6. The van der Waals surface area contributed by atoms with E-state index in [9.17, 15) is 0 Å². The van der Waals surface area contributed by atoms with Crippen LogP contribution < -0.4 is 9.47 Å². The molecule has 8 nitrogen and oxygen atoms in total. The number of aromatic nitrogens is 6. The van der Waals surface area contributed by atoms with Crippen LogP contribution in [0.15, 0.2) is 55.4 Å². The third kappa shape index (κ3) is 9.31. The van der Waals surface area contributed by atoms with Crippen LogP contribution in [0.1, 0.15) is 96.1 Å². The highest BCUT2D eigenvalue weighted by Gasteiger charge is 2.47. The summed E-state index contributed by atoms with van der Waals surface area (Å²) in [4.78, 5) is 13.8. The van der Waals surface area contributed by atoms with Gasteiger partial charge in [0, 0.05) is 59.5 Å². The molecule has 0 saturated heterocycles. The Morgan fingerprint density at radius 2 is 1.04 bits per heavy atom. The fourth-order valence-corrected chi connectivity index (χ4v) is 25.9. The fraction of sp³-hybridized carbons (Fsp3) is 0.523. The maximum absolute atomic E-state index is 5.57. The van der Waals surface area contributed by atoms with Crippen LogP contribution in [-0.2, 0) is 7.05 Å². The summed E-state index contributed by atoms with van der Waals surface area (Å²) in [5.41, 5.74) is 8.50. The zero-order valence-corrected chi connectivity index (χ0v) is 44.8. The van der Waals surface area contributed by atoms with E-state index in [-0.39, 0.29) is 7.43 Å². The number of ether oxygens (including phenoxy) is 2. The molecule has 0 saturated carbocycles. The summed E-state index contributed by atoms with van der Waals surface area (Å²) >= 11 is 7.18. The van der Waals surface area contributed by atoms with Crippen molar-refractivity contribution < 1.29 is 9.47 Å². The van der Waals surface area contributed by atoms with Gasteiger partial charge in [-0.05, 0) is 132 Å². The topological polar surface area (TPSA) is 71.9 Å². The minimum absolute atomic E-state index is 0. The van der Waals surface area contributed by atoms with Crippen LogP contribution in [-0.4, -0.2) is 58.7 Å². The predicted molar refractivity (Wildman–Crippen MR) is 276 cm³/mol. The lowest BCUT2D eigenvalue weighted by molar-refractivity contribution is 0.413. The maximum Gasteiger partial charge on any atom is 0.171 e. The number of hydrogen-bond donors (Lipinski definition) is 0. The van der Waals surface area contributed by atoms with E-state index in [0.717, 1.165) is 33.6 Å². The van der Waals surface area contributed by atoms with Gasteiger partial charge in [-0.25, -0.2) is 15.0 Å². The van der Waals surface area contributed by atoms with E-state index >= 15 is 0 Å². The largest absolute Gasteiger partial charge is 0.496 e. The zero-order chi connectivity index (χ0) is 42.0. The molecule has 6 aromatic rings. The van der Waals surface area contributed by atoms with Gasteiger partial charge in [0.15, 0.2) is 16.5 Å². The molecular weight excluding hydrogens is 1080 g/mol. The molecule has 0 radical (unpaired) electrons. The molecule has 6 aromatic heterocycles. The first-order valence-corrected chi connectivity index (χ1v) is 27.3. The Balaban J connectivity index is 0.000000234. The standard InChI is InChI=1S/C17H27IN2OSi.C17H27IN2Si.C9H9IN2O.CH4/c1-11(2)22(12(3)4,13(5)6)20-10-14(18)16-15(21-7)8-9-19-17(16)20;1-11(2)21(12(3)4,13(5)6)20-10-16(18)15-8-14(7)9-19-17(15)20;1-12-5-8(10)7-3-6(13-2)4-11-9(7)12;/h8-13H,1-7H3;8-13H,1-7H3;3-5H,1-2H3;1H4. The Kier molecular flexibility index (Phi) is 17.6. The van der Waals surface area contributed by atoms with Gasteiger partial charge in [0.1, 0.15) is 28.4 Å². The molecule has 0 aliphatic carbocycles. The van der Waals surface area contributed by atoms with Crippen molar-refractivity contribution in [1.29, 1.82) is 0 Å². The molecule has 0 fully saturated rings. The summed E-state index contributed by atoms with van der Waals surface area (Å²) in [5.74, 6) is 1.73. The summed E-state index contributed by atoms with van der Waals surface area (Å²) in [6.07, 6.45) is 12.3. The average molecular weight is 1150 g/mol. The van der Waals surface area contributed by atoms with Crippen molar-refractivity contribution in [3.8, 4) is 11.5 Å². The number of halogens is 3. The number of aryl methyl sites for hydroxylation is 2. The first-order chi connectivity index (χ1) is 26.2. The zero-order valence-electron chi connectivity index (χ0n) is 36.3. The number of pyridine rings is 3. The van der Waals surface area contributed by atoms with Crippen molar-refractivity contribution in [3.05, 3.63) is 71.7 Å². The third-order valence-electron chi connectivity index (χ3n) is 11.9. The molecule has 0 aliphatic heterocycles. The molecule has 0 bridgehead atoms. The van der Waals surface area contributed by atoms with Crippen LogP contribution in [0.4, 0.5) is 0 Å². The van der Waals surface area contributed by atoms with Crippen molar-refractivity contribution >= 4 is 117 Å². The van der Waals surface area contributed by atoms with E-state index in [1.54, 1.807) is 20.4 Å². The smallest absolute Gasteiger partial charge is 0.171 e. The lowest BCUT2D eigenvalue weighted by atomic mass is 10.2. The SMILES string of the molecule is C.COc1ccnc2c1c(I)cn2[Si](C(C)C)(C(C)C)C(C)C.COc1cnc2c(c1)c(I)cn2C.Cc1cnc2c(c1)c(I)cn2[Si](C(C)C)(C(C)C)C(C)C. The van der Waals surface area contributed by atoms with Crippen LogP contribution in [0.25, 0.3) is 33.1 Å². The lowest BCUT2D eigenvalue weighted by Crippen LogP contribution is -2.51. The Labute approximate surface area is 386 Å². The second-order valence-electron chi connectivity index (χ2n) is 16.8. The van der Waals surface area contributed by atoms with Crippen LogP contribution in [0, 0.1) is 17.6 Å². The number of methoxy groups -OCH3 is 2. The minimum Gasteiger partial charge on any atom is -0.496 e. The molecule has 6 heterocycles. The molecule has 0 aliphatic rings. The highest BCUT2D eigenvalue weighted by atomic mass is 127. The van der Waals surface area contributed by atoms with Crippen molar-refractivity contribution in [2.45, 2.75) is 131 Å². The summed E-state index contributed by atoms with van der Waals surface area (Å²) in [6.45, 7) is 30.8. The van der Waals surface area contributed by atoms with Crippen molar-refractivity contribution in [2.24, 2.45) is 7.05 Å². The van der Waals surface area contributed by atoms with Gasteiger partial charge in [-0.3, -0.25) is 0 Å². The second kappa shape index (κ2) is 20.2. The minimum atomic E-state index is -1.79. The van der Waals surface area contributed by atoms with Crippen molar-refractivity contribution in [1.82, 2.24) is 28.0 Å². The second-order valence-corrected chi connectivity index (χ2v) is 31.8. The van der Waals surface area contributed by atoms with E-state index in [1.807, 2.05) is 36.1 Å². The molecular formula is C44H67I3N6O2Si2. The lowest BCUT2D eigenvalue weighted by Gasteiger charge is -2.44. The molecule has 0 N–H and O–H groups in total. The molecule has 0 aromatic carbocycles. The highest BCUT2D eigenvalue weighted by molar-refractivity contribution is 14.1. The molecule has 0 amide bonds. The molecule has 314 valence electrons. The monoisotopic (exact) mass is 1150 g/mol. The number of rotatable bonds is 10. The number of hydrogen-bond acceptors (Lipinski definition) is 5. The highest BCUT2D eigenvalue weighted by Crippen LogP contribution is 2.46. The van der Waals surface area contributed by atoms with Crippen LogP contribution in [0.2, 0.25) is 33.2 Å². The van der Waals surface area contributed by atoms with Crippen molar-refractivity contribution in [3.63, 3.8) is 0 Å². The summed E-state index contributed by atoms with van der Waals surface area (Å²) in [5, 5.41) is 3.61. The van der Waals surface area contributed by atoms with E-state index in [4.69, 9.17) is 19.4 Å². The number of nitrogens with zero attached hydrogens (tertiary/aromatic N) is 6. The van der Waals surface area contributed by atoms with Crippen LogP contribution >= 0.6 is 67.8 Å². The van der Waals surface area contributed by atoms with Crippen LogP contribution in [0.5, 0.6) is 11.5 Å². The third-order valence-corrected chi connectivity index (χ3v) is 27.9. The molecule has 0 atom stereocenters. The Morgan fingerprint density at radius 3 is 1.53 bits per heavy atom. The molecule has 0 spiro atoms. The van der Waals surface area contributed by atoms with E-state index in [2.05, 4.69) is 196 Å². The fourth-order valence-electron chi connectivity index (χ4n) is 9.99. The van der Waals surface area contributed by atoms with E-state index in [1.165, 1.54) is 27.3 Å². The first kappa shape index (κ1) is 49.7. The molecule has 0 unspecified atom stereocenters. The molecule has 57 heavy (non-hydrogen) atoms. The van der Waals surface area contributed by atoms with Gasteiger partial charge in [0.2, 0.25) is 0 Å². The Morgan fingerprint density at radius 1 is 0.579 bits per heavy atom. The maximum atomic E-state index is 5.57. The molecule has 6 rings (SSSR count). The van der Waals surface area contributed by atoms with Gasteiger partial charge in [0.25, 0.3) is 0 Å². The van der Waals surface area contributed by atoms with Crippen molar-refractivity contribution in [2.75, 3.05) is 14.2 Å². The van der Waals surface area contributed by atoms with Crippen LogP contribution in [0.3, 0.4) is 0 Å². The van der Waals surface area contributed by atoms with Gasteiger partial charge in [-0.2, -0.15) is 0 Å². The van der Waals surface area contributed by atoms with E-state index < -0.39 is 16.5 Å². The van der Waals surface area contributed by atoms with E-state index in [0.29, 0.717) is 33.2 Å². The van der Waals surface area contributed by atoms with Gasteiger partial charge in [0.05, 0.1) is 25.8 Å². The van der Waals surface area contributed by atoms with Gasteiger partial charge in [-0.1, -0.05) is 90.5 Å². The van der Waals surface area contributed by atoms with Gasteiger partial charge >= 0.3 is 0 Å².